The Morgan fingerprint density at radius 2 is 2.21 bits per heavy atom. The molecule has 19 heavy (non-hydrogen) atoms. The van der Waals surface area contributed by atoms with Crippen LogP contribution in [0.15, 0.2) is 12.1 Å². The van der Waals surface area contributed by atoms with E-state index >= 15 is 0 Å². The van der Waals surface area contributed by atoms with Gasteiger partial charge in [0.2, 0.25) is 0 Å². The monoisotopic (exact) mass is 280 g/mol. The van der Waals surface area contributed by atoms with Crippen LogP contribution in [0.5, 0.6) is 0 Å². The van der Waals surface area contributed by atoms with Crippen LogP contribution in [0.3, 0.4) is 0 Å². The van der Waals surface area contributed by atoms with E-state index in [0.29, 0.717) is 18.1 Å². The normalized spacial score (nSPS) is 26.5. The van der Waals surface area contributed by atoms with E-state index in [1.165, 1.54) is 35.6 Å². The Kier molecular flexibility index (Phi) is 5.43. The van der Waals surface area contributed by atoms with Gasteiger partial charge < -0.3 is 5.32 Å². The van der Waals surface area contributed by atoms with Crippen LogP contribution in [0, 0.1) is 6.92 Å². The number of hydrogen-bond acceptors (Lipinski definition) is 3. The zero-order valence-corrected chi connectivity index (χ0v) is 13.6. The lowest BCUT2D eigenvalue weighted by molar-refractivity contribution is 0.0850. The molecule has 2 heterocycles. The van der Waals surface area contributed by atoms with Crippen molar-refractivity contribution in [3.05, 3.63) is 21.9 Å². The Bertz CT molecular complexity index is 388. The van der Waals surface area contributed by atoms with Crippen molar-refractivity contribution in [1.82, 2.24) is 10.2 Å². The Hall–Kier alpha value is -0.380. The third-order valence-electron chi connectivity index (χ3n) is 4.32. The standard InChI is InChI=1S/C16H28N2S/c1-5-7-14-11-18(15(6-2)10-17-14)13(4)16-9-8-12(3)19-16/h8-9,13-15,17H,5-7,10-11H2,1-4H3. The lowest BCUT2D eigenvalue weighted by atomic mass is 10.0. The summed E-state index contributed by atoms with van der Waals surface area (Å²) in [5.41, 5.74) is 0. The molecule has 108 valence electrons. The number of aryl methyl sites for hydroxylation is 1. The maximum atomic E-state index is 3.72. The van der Waals surface area contributed by atoms with Crippen molar-refractivity contribution in [2.75, 3.05) is 13.1 Å². The first-order valence-electron chi connectivity index (χ1n) is 7.71. The largest absolute Gasteiger partial charge is 0.311 e. The summed E-state index contributed by atoms with van der Waals surface area (Å²) in [6.07, 6.45) is 3.80. The molecule has 1 aliphatic heterocycles. The minimum atomic E-state index is 0.560. The molecule has 3 unspecified atom stereocenters. The Morgan fingerprint density at radius 1 is 1.42 bits per heavy atom. The molecule has 0 amide bonds. The number of nitrogens with one attached hydrogen (secondary N) is 1. The van der Waals surface area contributed by atoms with Crippen molar-refractivity contribution in [3.8, 4) is 0 Å². The van der Waals surface area contributed by atoms with Crippen molar-refractivity contribution in [2.24, 2.45) is 0 Å². The maximum Gasteiger partial charge on any atom is 0.0417 e. The average Bonchev–Trinajstić information content (AvgIpc) is 2.85. The zero-order chi connectivity index (χ0) is 13.8. The number of piperazine rings is 1. The Morgan fingerprint density at radius 3 is 2.79 bits per heavy atom. The van der Waals surface area contributed by atoms with Gasteiger partial charge >= 0.3 is 0 Å². The highest BCUT2D eigenvalue weighted by Gasteiger charge is 2.30. The van der Waals surface area contributed by atoms with Crippen molar-refractivity contribution >= 4 is 11.3 Å². The molecule has 1 saturated heterocycles. The van der Waals surface area contributed by atoms with E-state index in [4.69, 9.17) is 0 Å². The molecule has 1 fully saturated rings. The molecule has 1 aromatic heterocycles. The highest BCUT2D eigenvalue weighted by molar-refractivity contribution is 7.12. The number of rotatable bonds is 5. The number of hydrogen-bond donors (Lipinski definition) is 1. The van der Waals surface area contributed by atoms with Crippen LogP contribution < -0.4 is 5.32 Å². The van der Waals surface area contributed by atoms with Gasteiger partial charge in [0, 0.05) is 41.0 Å². The van der Waals surface area contributed by atoms with Gasteiger partial charge in [-0.3, -0.25) is 4.90 Å². The van der Waals surface area contributed by atoms with E-state index in [-0.39, 0.29) is 0 Å². The smallest absolute Gasteiger partial charge is 0.0417 e. The second kappa shape index (κ2) is 6.87. The van der Waals surface area contributed by atoms with E-state index in [0.717, 1.165) is 6.54 Å². The fraction of sp³-hybridized carbons (Fsp3) is 0.750. The van der Waals surface area contributed by atoms with E-state index in [1.807, 2.05) is 11.3 Å². The minimum absolute atomic E-state index is 0.560. The SMILES string of the molecule is CCCC1CN(C(C)c2ccc(C)s2)C(CC)CN1. The molecule has 3 atom stereocenters. The van der Waals surface area contributed by atoms with Crippen molar-refractivity contribution in [3.63, 3.8) is 0 Å². The molecular formula is C16H28N2S. The summed E-state index contributed by atoms with van der Waals surface area (Å²) < 4.78 is 0. The fourth-order valence-electron chi connectivity index (χ4n) is 3.12. The van der Waals surface area contributed by atoms with Crippen molar-refractivity contribution in [2.45, 2.75) is 65.1 Å². The molecule has 1 aromatic rings. The second-order valence-electron chi connectivity index (χ2n) is 5.78. The van der Waals surface area contributed by atoms with Gasteiger partial charge in [-0.05, 0) is 38.8 Å². The summed E-state index contributed by atoms with van der Waals surface area (Å²) in [7, 11) is 0. The van der Waals surface area contributed by atoms with Crippen molar-refractivity contribution < 1.29 is 0 Å². The quantitative estimate of drug-likeness (QED) is 0.878. The summed E-state index contributed by atoms with van der Waals surface area (Å²) in [5.74, 6) is 0. The van der Waals surface area contributed by atoms with Gasteiger partial charge in [-0.2, -0.15) is 0 Å². The van der Waals surface area contributed by atoms with Gasteiger partial charge in [-0.1, -0.05) is 20.3 Å². The first kappa shape index (κ1) is 15.0. The minimum Gasteiger partial charge on any atom is -0.311 e. The van der Waals surface area contributed by atoms with Crippen LogP contribution >= 0.6 is 11.3 Å². The van der Waals surface area contributed by atoms with Gasteiger partial charge in [0.25, 0.3) is 0 Å². The third kappa shape index (κ3) is 3.59. The molecule has 0 radical (unpaired) electrons. The number of nitrogens with zero attached hydrogens (tertiary/aromatic N) is 1. The highest BCUT2D eigenvalue weighted by atomic mass is 32.1. The summed E-state index contributed by atoms with van der Waals surface area (Å²) in [6, 6.07) is 6.49. The summed E-state index contributed by atoms with van der Waals surface area (Å²) in [6.45, 7) is 11.5. The lowest BCUT2D eigenvalue weighted by Crippen LogP contribution is -2.56. The van der Waals surface area contributed by atoms with Crippen LogP contribution in [0.2, 0.25) is 0 Å². The van der Waals surface area contributed by atoms with E-state index < -0.39 is 0 Å². The molecule has 1 aliphatic rings. The first-order valence-corrected chi connectivity index (χ1v) is 8.52. The first-order chi connectivity index (χ1) is 9.15. The molecule has 0 bridgehead atoms. The molecular weight excluding hydrogens is 252 g/mol. The zero-order valence-electron chi connectivity index (χ0n) is 12.8. The van der Waals surface area contributed by atoms with Crippen LogP contribution in [0.25, 0.3) is 0 Å². The van der Waals surface area contributed by atoms with Gasteiger partial charge in [-0.15, -0.1) is 11.3 Å². The number of thiophene rings is 1. The van der Waals surface area contributed by atoms with Gasteiger partial charge in [0.1, 0.15) is 0 Å². The molecule has 3 heteroatoms. The lowest BCUT2D eigenvalue weighted by Gasteiger charge is -2.43. The Labute approximate surface area is 122 Å². The summed E-state index contributed by atoms with van der Waals surface area (Å²) in [5, 5.41) is 3.72. The van der Waals surface area contributed by atoms with E-state index in [2.05, 4.69) is 50.0 Å². The van der Waals surface area contributed by atoms with Gasteiger partial charge in [-0.25, -0.2) is 0 Å². The average molecular weight is 280 g/mol. The topological polar surface area (TPSA) is 15.3 Å². The third-order valence-corrected chi connectivity index (χ3v) is 5.49. The van der Waals surface area contributed by atoms with Gasteiger partial charge in [0.15, 0.2) is 0 Å². The predicted octanol–water partition coefficient (Wildman–Crippen LogP) is 3.97. The van der Waals surface area contributed by atoms with E-state index in [1.54, 1.807) is 0 Å². The van der Waals surface area contributed by atoms with Crippen LogP contribution in [-0.4, -0.2) is 30.1 Å². The summed E-state index contributed by atoms with van der Waals surface area (Å²) >= 11 is 1.95. The fourth-order valence-corrected chi connectivity index (χ4v) is 4.07. The molecule has 0 spiro atoms. The van der Waals surface area contributed by atoms with Crippen LogP contribution in [-0.2, 0) is 0 Å². The van der Waals surface area contributed by atoms with Gasteiger partial charge in [0.05, 0.1) is 0 Å². The summed E-state index contributed by atoms with van der Waals surface area (Å²) in [4.78, 5) is 5.67. The molecule has 2 rings (SSSR count). The molecule has 1 N–H and O–H groups in total. The molecule has 0 saturated carbocycles. The van der Waals surface area contributed by atoms with Crippen LogP contribution in [0.4, 0.5) is 0 Å². The molecule has 2 nitrogen and oxygen atoms in total. The van der Waals surface area contributed by atoms with Crippen LogP contribution in [0.1, 0.15) is 55.8 Å². The van der Waals surface area contributed by atoms with Crippen molar-refractivity contribution in [1.29, 1.82) is 0 Å². The predicted molar refractivity (Wildman–Crippen MR) is 85.0 cm³/mol. The second-order valence-corrected chi connectivity index (χ2v) is 7.10. The highest BCUT2D eigenvalue weighted by Crippen LogP contribution is 2.30. The maximum absolute atomic E-state index is 3.72. The molecule has 0 aromatic carbocycles. The van der Waals surface area contributed by atoms with E-state index in [9.17, 15) is 0 Å². The molecule has 0 aliphatic carbocycles. The Balaban J connectivity index is 2.08.